The van der Waals surface area contributed by atoms with Crippen LogP contribution >= 0.6 is 0 Å². The minimum absolute atomic E-state index is 0.877. The van der Waals surface area contributed by atoms with Crippen molar-refractivity contribution in [1.82, 2.24) is 0 Å². The molecule has 0 aromatic heterocycles. The second kappa shape index (κ2) is 7.72. The summed E-state index contributed by atoms with van der Waals surface area (Å²) < 4.78 is 0. The molecule has 2 fully saturated rings. The van der Waals surface area contributed by atoms with Gasteiger partial charge >= 0.3 is 0 Å². The predicted octanol–water partition coefficient (Wildman–Crippen LogP) is 5.06. The van der Waals surface area contributed by atoms with E-state index >= 15 is 0 Å². The van der Waals surface area contributed by atoms with Crippen LogP contribution in [-0.2, 0) is 0 Å². The van der Waals surface area contributed by atoms with Gasteiger partial charge in [-0.3, -0.25) is 0 Å². The van der Waals surface area contributed by atoms with Gasteiger partial charge in [-0.2, -0.15) is 0 Å². The summed E-state index contributed by atoms with van der Waals surface area (Å²) in [4.78, 5) is 2.57. The molecule has 21 heavy (non-hydrogen) atoms. The second-order valence-electron chi connectivity index (χ2n) is 6.80. The Balaban J connectivity index is 1.61. The maximum atomic E-state index is 3.77. The molecule has 0 atom stereocenters. The summed E-state index contributed by atoms with van der Waals surface area (Å²) in [5, 5.41) is 3.77. The molecule has 116 valence electrons. The van der Waals surface area contributed by atoms with Crippen molar-refractivity contribution in [3.05, 3.63) is 24.3 Å². The highest BCUT2D eigenvalue weighted by atomic mass is 15.1. The third-order valence-electron chi connectivity index (χ3n) is 5.16. The van der Waals surface area contributed by atoms with Gasteiger partial charge in [0, 0.05) is 19.6 Å². The van der Waals surface area contributed by atoms with Crippen LogP contribution in [0.4, 0.5) is 11.4 Å². The summed E-state index contributed by atoms with van der Waals surface area (Å²) in [6, 6.07) is 8.91. The number of anilines is 2. The summed E-state index contributed by atoms with van der Waals surface area (Å²) in [6.45, 7) is 3.61. The normalized spacial score (nSPS) is 21.0. The van der Waals surface area contributed by atoms with E-state index in [0.717, 1.165) is 12.5 Å². The molecule has 3 rings (SSSR count). The van der Waals surface area contributed by atoms with Crippen LogP contribution in [0.25, 0.3) is 0 Å². The van der Waals surface area contributed by atoms with Crippen LogP contribution in [0.1, 0.15) is 57.8 Å². The zero-order chi connectivity index (χ0) is 14.3. The quantitative estimate of drug-likeness (QED) is 0.778. The predicted molar refractivity (Wildman–Crippen MR) is 92.2 cm³/mol. The zero-order valence-electron chi connectivity index (χ0n) is 13.3. The molecule has 1 aliphatic heterocycles. The van der Waals surface area contributed by atoms with Crippen LogP contribution in [-0.4, -0.2) is 19.6 Å². The molecule has 0 radical (unpaired) electrons. The molecule has 1 aliphatic carbocycles. The van der Waals surface area contributed by atoms with Gasteiger partial charge in [-0.25, -0.2) is 0 Å². The van der Waals surface area contributed by atoms with Gasteiger partial charge in [-0.1, -0.05) is 37.8 Å². The van der Waals surface area contributed by atoms with Crippen LogP contribution < -0.4 is 10.2 Å². The molecule has 1 aromatic carbocycles. The molecule has 2 heteroatoms. The molecule has 1 saturated heterocycles. The lowest BCUT2D eigenvalue weighted by Crippen LogP contribution is -2.30. The molecule has 1 aromatic rings. The van der Waals surface area contributed by atoms with E-state index in [1.807, 2.05) is 0 Å². The van der Waals surface area contributed by atoms with Gasteiger partial charge in [-0.05, 0) is 50.2 Å². The van der Waals surface area contributed by atoms with Crippen LogP contribution in [0.2, 0.25) is 0 Å². The van der Waals surface area contributed by atoms with Crippen LogP contribution in [0.15, 0.2) is 24.3 Å². The fraction of sp³-hybridized carbons (Fsp3) is 0.684. The second-order valence-corrected chi connectivity index (χ2v) is 6.80. The first-order valence-electron chi connectivity index (χ1n) is 9.01. The standard InChI is InChI=1S/C19H30N2/c1-2-5-11-17(10-4-1)16-20-18-12-6-7-13-19(18)21-14-8-3-9-15-21/h6-7,12-13,17,20H,1-5,8-11,14-16H2. The fourth-order valence-corrected chi connectivity index (χ4v) is 3.86. The molecular weight excluding hydrogens is 256 g/mol. The van der Waals surface area contributed by atoms with E-state index in [1.54, 1.807) is 0 Å². The fourth-order valence-electron chi connectivity index (χ4n) is 3.86. The average Bonchev–Trinajstić information content (AvgIpc) is 2.83. The Hall–Kier alpha value is -1.18. The van der Waals surface area contributed by atoms with Crippen LogP contribution in [0, 0.1) is 5.92 Å². The summed E-state index contributed by atoms with van der Waals surface area (Å²) >= 11 is 0. The third kappa shape index (κ3) is 4.15. The Morgan fingerprint density at radius 1 is 0.857 bits per heavy atom. The SMILES string of the molecule is c1ccc(N2CCCCC2)c(NCC2CCCCCC2)c1. The summed E-state index contributed by atoms with van der Waals surface area (Å²) in [7, 11) is 0. The topological polar surface area (TPSA) is 15.3 Å². The Labute approximate surface area is 129 Å². The van der Waals surface area contributed by atoms with Gasteiger partial charge in [-0.15, -0.1) is 0 Å². The minimum atomic E-state index is 0.877. The van der Waals surface area contributed by atoms with Crippen molar-refractivity contribution in [2.24, 2.45) is 5.92 Å². The summed E-state index contributed by atoms with van der Waals surface area (Å²) in [5.74, 6) is 0.877. The third-order valence-corrected chi connectivity index (χ3v) is 5.16. The lowest BCUT2D eigenvalue weighted by Gasteiger charge is -2.31. The molecule has 2 nitrogen and oxygen atoms in total. The van der Waals surface area contributed by atoms with Crippen LogP contribution in [0.3, 0.4) is 0 Å². The Morgan fingerprint density at radius 2 is 1.52 bits per heavy atom. The molecular formula is C19H30N2. The van der Waals surface area contributed by atoms with Crippen molar-refractivity contribution in [3.8, 4) is 0 Å². The van der Waals surface area contributed by atoms with Gasteiger partial charge in [0.2, 0.25) is 0 Å². The Bertz CT molecular complexity index is 415. The zero-order valence-corrected chi connectivity index (χ0v) is 13.3. The highest BCUT2D eigenvalue weighted by molar-refractivity contribution is 5.70. The van der Waals surface area contributed by atoms with E-state index in [-0.39, 0.29) is 0 Å². The van der Waals surface area contributed by atoms with Crippen molar-refractivity contribution in [2.75, 3.05) is 29.9 Å². The monoisotopic (exact) mass is 286 g/mol. The van der Waals surface area contributed by atoms with Crippen molar-refractivity contribution in [1.29, 1.82) is 0 Å². The lowest BCUT2D eigenvalue weighted by atomic mass is 10.0. The number of piperidine rings is 1. The van der Waals surface area contributed by atoms with Crippen molar-refractivity contribution >= 4 is 11.4 Å². The Kier molecular flexibility index (Phi) is 5.42. The van der Waals surface area contributed by atoms with E-state index in [4.69, 9.17) is 0 Å². The Morgan fingerprint density at radius 3 is 2.29 bits per heavy atom. The molecule has 1 N–H and O–H groups in total. The maximum absolute atomic E-state index is 3.77. The minimum Gasteiger partial charge on any atom is -0.383 e. The average molecular weight is 286 g/mol. The van der Waals surface area contributed by atoms with E-state index < -0.39 is 0 Å². The lowest BCUT2D eigenvalue weighted by molar-refractivity contribution is 0.483. The first-order chi connectivity index (χ1) is 10.4. The number of benzene rings is 1. The molecule has 1 heterocycles. The van der Waals surface area contributed by atoms with E-state index in [9.17, 15) is 0 Å². The number of nitrogens with zero attached hydrogens (tertiary/aromatic N) is 1. The highest BCUT2D eigenvalue weighted by Crippen LogP contribution is 2.29. The van der Waals surface area contributed by atoms with E-state index in [0.29, 0.717) is 0 Å². The van der Waals surface area contributed by atoms with E-state index in [1.165, 1.54) is 82.3 Å². The molecule has 0 unspecified atom stereocenters. The highest BCUT2D eigenvalue weighted by Gasteiger charge is 2.16. The van der Waals surface area contributed by atoms with Crippen LogP contribution in [0.5, 0.6) is 0 Å². The molecule has 0 spiro atoms. The largest absolute Gasteiger partial charge is 0.383 e. The number of para-hydroxylation sites is 2. The van der Waals surface area contributed by atoms with Gasteiger partial charge < -0.3 is 10.2 Å². The maximum Gasteiger partial charge on any atom is 0.0602 e. The number of hydrogen-bond donors (Lipinski definition) is 1. The first-order valence-corrected chi connectivity index (χ1v) is 9.01. The summed E-state index contributed by atoms with van der Waals surface area (Å²) in [6.07, 6.45) is 12.7. The van der Waals surface area contributed by atoms with Gasteiger partial charge in [0.1, 0.15) is 0 Å². The van der Waals surface area contributed by atoms with Crippen molar-refractivity contribution in [2.45, 2.75) is 57.8 Å². The molecule has 0 bridgehead atoms. The van der Waals surface area contributed by atoms with Crippen molar-refractivity contribution < 1.29 is 0 Å². The number of hydrogen-bond acceptors (Lipinski definition) is 2. The first kappa shape index (κ1) is 14.7. The molecule has 2 aliphatic rings. The van der Waals surface area contributed by atoms with Gasteiger partial charge in [0.25, 0.3) is 0 Å². The summed E-state index contributed by atoms with van der Waals surface area (Å²) in [5.41, 5.74) is 2.77. The smallest absolute Gasteiger partial charge is 0.0602 e. The van der Waals surface area contributed by atoms with Gasteiger partial charge in [0.15, 0.2) is 0 Å². The molecule has 0 amide bonds. The number of rotatable bonds is 4. The van der Waals surface area contributed by atoms with Gasteiger partial charge in [0.05, 0.1) is 11.4 Å². The molecule has 1 saturated carbocycles. The van der Waals surface area contributed by atoms with Crippen molar-refractivity contribution in [3.63, 3.8) is 0 Å². The van der Waals surface area contributed by atoms with E-state index in [2.05, 4.69) is 34.5 Å². The number of nitrogens with one attached hydrogen (secondary N) is 1.